The summed E-state index contributed by atoms with van der Waals surface area (Å²) in [4.78, 5) is 25.9. The van der Waals surface area contributed by atoms with E-state index in [1.165, 1.54) is 6.07 Å². The average Bonchev–Trinajstić information content (AvgIpc) is 3.24. The van der Waals surface area contributed by atoms with Gasteiger partial charge in [-0.15, -0.1) is 0 Å². The molecule has 5 nitrogen and oxygen atoms in total. The number of likely N-dealkylation sites (tertiary alicyclic amines) is 1. The van der Waals surface area contributed by atoms with Crippen molar-refractivity contribution in [3.8, 4) is 0 Å². The van der Waals surface area contributed by atoms with Crippen LogP contribution < -0.4 is 5.32 Å². The van der Waals surface area contributed by atoms with Gasteiger partial charge in [-0.2, -0.15) is 13.2 Å². The fourth-order valence-corrected chi connectivity index (χ4v) is 4.59. The lowest BCUT2D eigenvalue weighted by atomic mass is 9.89. The number of carbonyl (C=O) groups is 2. The number of piperidine rings is 1. The van der Waals surface area contributed by atoms with Crippen LogP contribution in [0.1, 0.15) is 29.5 Å². The zero-order chi connectivity index (χ0) is 19.4. The molecule has 0 aromatic heterocycles. The molecule has 1 aliphatic carbocycles. The van der Waals surface area contributed by atoms with Gasteiger partial charge in [0.1, 0.15) is 0 Å². The quantitative estimate of drug-likeness (QED) is 0.856. The highest BCUT2D eigenvalue weighted by atomic mass is 19.4. The summed E-state index contributed by atoms with van der Waals surface area (Å²) in [6.45, 7) is 3.31. The van der Waals surface area contributed by atoms with Crippen molar-refractivity contribution in [3.63, 3.8) is 0 Å². The van der Waals surface area contributed by atoms with Crippen LogP contribution in [0.25, 0.3) is 0 Å². The number of cyclic esters (lactones) is 1. The first kappa shape index (κ1) is 18.1. The van der Waals surface area contributed by atoms with Crippen molar-refractivity contribution in [2.45, 2.75) is 31.4 Å². The van der Waals surface area contributed by atoms with Gasteiger partial charge in [-0.1, -0.05) is 6.07 Å². The van der Waals surface area contributed by atoms with Gasteiger partial charge in [0.05, 0.1) is 18.1 Å². The Morgan fingerprint density at radius 2 is 2.15 bits per heavy atom. The summed E-state index contributed by atoms with van der Waals surface area (Å²) in [6.07, 6.45) is -3.49. The van der Waals surface area contributed by atoms with E-state index in [0.717, 1.165) is 18.1 Å². The van der Waals surface area contributed by atoms with E-state index in [4.69, 9.17) is 4.74 Å². The number of fused-ring (bicyclic) bond motifs is 1. The number of benzene rings is 1. The van der Waals surface area contributed by atoms with Crippen molar-refractivity contribution in [1.82, 2.24) is 10.2 Å². The minimum absolute atomic E-state index is 0.0167. The number of halogens is 3. The van der Waals surface area contributed by atoms with Crippen molar-refractivity contribution in [3.05, 3.63) is 34.9 Å². The molecule has 0 spiro atoms. The second-order valence-electron chi connectivity index (χ2n) is 7.81. The van der Waals surface area contributed by atoms with Crippen molar-refractivity contribution < 1.29 is 27.5 Å². The molecule has 8 heteroatoms. The molecular weight excluding hydrogens is 361 g/mol. The van der Waals surface area contributed by atoms with Crippen LogP contribution in [0.5, 0.6) is 0 Å². The molecule has 1 aromatic rings. The average molecular weight is 382 g/mol. The van der Waals surface area contributed by atoms with Crippen LogP contribution in [0.2, 0.25) is 0 Å². The highest BCUT2D eigenvalue weighted by molar-refractivity contribution is 5.81. The lowest BCUT2D eigenvalue weighted by Gasteiger charge is -2.26. The normalized spacial score (nSPS) is 30.2. The van der Waals surface area contributed by atoms with Gasteiger partial charge in [-0.05, 0) is 48.9 Å². The van der Waals surface area contributed by atoms with Gasteiger partial charge in [-0.25, -0.2) is 4.79 Å². The number of nitrogens with zero attached hydrogens (tertiary/aromatic N) is 1. The number of ether oxygens (including phenoxy) is 1. The summed E-state index contributed by atoms with van der Waals surface area (Å²) in [5, 5.41) is 2.58. The molecule has 3 atom stereocenters. The molecule has 146 valence electrons. The van der Waals surface area contributed by atoms with Gasteiger partial charge in [0.2, 0.25) is 5.91 Å². The number of rotatable bonds is 2. The van der Waals surface area contributed by atoms with Gasteiger partial charge < -0.3 is 15.0 Å². The van der Waals surface area contributed by atoms with E-state index in [1.807, 2.05) is 0 Å². The number of alkyl carbamates (subject to hydrolysis) is 1. The third kappa shape index (κ3) is 3.15. The minimum atomic E-state index is -4.35. The van der Waals surface area contributed by atoms with Crippen LogP contribution in [0.3, 0.4) is 0 Å². The first-order valence-corrected chi connectivity index (χ1v) is 9.08. The second-order valence-corrected chi connectivity index (χ2v) is 7.81. The Balaban J connectivity index is 1.49. The number of aryl methyl sites for hydroxylation is 1. The molecule has 0 bridgehead atoms. The third-order valence-corrected chi connectivity index (χ3v) is 6.09. The topological polar surface area (TPSA) is 58.6 Å². The predicted molar refractivity (Wildman–Crippen MR) is 90.0 cm³/mol. The maximum Gasteiger partial charge on any atom is 0.416 e. The van der Waals surface area contributed by atoms with Gasteiger partial charge in [0, 0.05) is 25.0 Å². The molecule has 3 aliphatic rings. The summed E-state index contributed by atoms with van der Waals surface area (Å²) in [6, 6.07) is 3.91. The lowest BCUT2D eigenvalue weighted by molar-refractivity contribution is -0.137. The molecule has 0 radical (unpaired) electrons. The monoisotopic (exact) mass is 382 g/mol. The zero-order valence-corrected chi connectivity index (χ0v) is 14.9. The highest BCUT2D eigenvalue weighted by Crippen LogP contribution is 2.60. The van der Waals surface area contributed by atoms with Gasteiger partial charge in [0.25, 0.3) is 0 Å². The molecular formula is C19H21F3N2O3. The molecule has 4 rings (SSSR count). The highest BCUT2D eigenvalue weighted by Gasteiger charge is 2.62. The Morgan fingerprint density at radius 3 is 2.85 bits per heavy atom. The Kier molecular flexibility index (Phi) is 4.12. The van der Waals surface area contributed by atoms with Crippen LogP contribution >= 0.6 is 0 Å². The molecule has 2 aliphatic heterocycles. The fourth-order valence-electron chi connectivity index (χ4n) is 4.59. The lowest BCUT2D eigenvalue weighted by Crippen LogP contribution is -2.41. The van der Waals surface area contributed by atoms with Crippen LogP contribution in [0, 0.1) is 18.8 Å². The van der Waals surface area contributed by atoms with Crippen molar-refractivity contribution in [2.75, 3.05) is 26.2 Å². The Bertz CT molecular complexity index is 795. The maximum atomic E-state index is 12.9. The SMILES string of the molecule is Cc1cc(C(F)(F)F)ccc1C12CC1CN(C(=O)[C@@H]1CCOC(=O)NC1)C2. The van der Waals surface area contributed by atoms with Crippen LogP contribution in [-0.2, 0) is 21.1 Å². The molecule has 2 amide bonds. The molecule has 2 heterocycles. The summed E-state index contributed by atoms with van der Waals surface area (Å²) in [7, 11) is 0. The summed E-state index contributed by atoms with van der Waals surface area (Å²) >= 11 is 0. The number of nitrogens with one attached hydrogen (secondary N) is 1. The number of amides is 2. The first-order valence-electron chi connectivity index (χ1n) is 9.08. The number of hydrogen-bond acceptors (Lipinski definition) is 3. The maximum absolute atomic E-state index is 12.9. The molecule has 1 aromatic carbocycles. The smallest absolute Gasteiger partial charge is 0.416 e. The molecule has 2 saturated heterocycles. The number of alkyl halides is 3. The summed E-state index contributed by atoms with van der Waals surface area (Å²) < 4.78 is 43.7. The third-order valence-electron chi connectivity index (χ3n) is 6.09. The van der Waals surface area contributed by atoms with E-state index in [1.54, 1.807) is 17.9 Å². The largest absolute Gasteiger partial charge is 0.450 e. The van der Waals surface area contributed by atoms with Crippen LogP contribution in [0.4, 0.5) is 18.0 Å². The fraction of sp³-hybridized carbons (Fsp3) is 0.579. The van der Waals surface area contributed by atoms with Crippen LogP contribution in [-0.4, -0.2) is 43.1 Å². The second kappa shape index (κ2) is 6.14. The minimum Gasteiger partial charge on any atom is -0.450 e. The van der Waals surface area contributed by atoms with E-state index < -0.39 is 17.8 Å². The van der Waals surface area contributed by atoms with E-state index in [9.17, 15) is 22.8 Å². The summed E-state index contributed by atoms with van der Waals surface area (Å²) in [5.41, 5.74) is 0.663. The van der Waals surface area contributed by atoms with E-state index >= 15 is 0 Å². The standard InChI is InChI=1S/C19H21F3N2O3/c1-11-6-13(19(20,21)22)2-3-15(11)18-7-14(18)9-24(10-18)16(25)12-4-5-27-17(26)23-8-12/h2-3,6,12,14H,4-5,7-10H2,1H3,(H,23,26)/t12-,14?,18?/m1/s1. The molecule has 2 unspecified atom stereocenters. The molecule has 27 heavy (non-hydrogen) atoms. The molecule has 3 fully saturated rings. The van der Waals surface area contributed by atoms with Gasteiger partial charge >= 0.3 is 12.3 Å². The van der Waals surface area contributed by atoms with Crippen molar-refractivity contribution >= 4 is 12.0 Å². The first-order chi connectivity index (χ1) is 12.7. The van der Waals surface area contributed by atoms with Crippen molar-refractivity contribution in [1.29, 1.82) is 0 Å². The Labute approximate surface area is 154 Å². The Hall–Kier alpha value is -2.25. The van der Waals surface area contributed by atoms with E-state index in [2.05, 4.69) is 5.32 Å². The predicted octanol–water partition coefficient (Wildman–Crippen LogP) is 2.86. The van der Waals surface area contributed by atoms with E-state index in [0.29, 0.717) is 25.1 Å². The molecule has 1 saturated carbocycles. The van der Waals surface area contributed by atoms with Gasteiger partial charge in [-0.3, -0.25) is 4.79 Å². The van der Waals surface area contributed by atoms with Crippen LogP contribution in [0.15, 0.2) is 18.2 Å². The Morgan fingerprint density at radius 1 is 1.37 bits per heavy atom. The number of hydrogen-bond donors (Lipinski definition) is 1. The molecule has 1 N–H and O–H groups in total. The zero-order valence-electron chi connectivity index (χ0n) is 14.9. The summed E-state index contributed by atoms with van der Waals surface area (Å²) in [5.74, 6) is -0.0508. The van der Waals surface area contributed by atoms with Crippen molar-refractivity contribution in [2.24, 2.45) is 11.8 Å². The number of carbonyl (C=O) groups excluding carboxylic acids is 2. The van der Waals surface area contributed by atoms with E-state index in [-0.39, 0.29) is 36.3 Å². The van der Waals surface area contributed by atoms with Gasteiger partial charge in [0.15, 0.2) is 0 Å².